The summed E-state index contributed by atoms with van der Waals surface area (Å²) in [6.45, 7) is 11.1. The highest BCUT2D eigenvalue weighted by molar-refractivity contribution is 5.82. The maximum atomic E-state index is 11.5. The van der Waals surface area contributed by atoms with E-state index in [-0.39, 0.29) is 22.8 Å². The van der Waals surface area contributed by atoms with Gasteiger partial charge in [-0.15, -0.1) is 0 Å². The van der Waals surface area contributed by atoms with E-state index in [4.69, 9.17) is 9.47 Å². The maximum Gasteiger partial charge on any atom is 0.330 e. The van der Waals surface area contributed by atoms with Crippen molar-refractivity contribution in [2.45, 2.75) is 73.1 Å². The van der Waals surface area contributed by atoms with Gasteiger partial charge < -0.3 is 9.47 Å². The average molecular weight is 377 g/mol. The van der Waals surface area contributed by atoms with Gasteiger partial charge in [-0.05, 0) is 73.7 Å². The number of carbonyl (C=O) groups excluding carboxylic acids is 2. The van der Waals surface area contributed by atoms with Crippen LogP contribution in [-0.4, -0.2) is 25.7 Å². The predicted molar refractivity (Wildman–Crippen MR) is 107 cm³/mol. The number of ether oxygens (including phenoxy) is 2. The molecule has 4 atom stereocenters. The van der Waals surface area contributed by atoms with Crippen LogP contribution >= 0.6 is 0 Å². The zero-order valence-electron chi connectivity index (χ0n) is 17.9. The van der Waals surface area contributed by atoms with Gasteiger partial charge in [0.15, 0.2) is 0 Å². The van der Waals surface area contributed by atoms with E-state index in [1.807, 2.05) is 6.92 Å². The van der Waals surface area contributed by atoms with E-state index >= 15 is 0 Å². The lowest BCUT2D eigenvalue weighted by Gasteiger charge is -2.58. The molecule has 4 nitrogen and oxygen atoms in total. The second-order valence-corrected chi connectivity index (χ2v) is 9.02. The lowest BCUT2D eigenvalue weighted by atomic mass is 9.47. The van der Waals surface area contributed by atoms with Crippen LogP contribution in [0, 0.1) is 22.7 Å². The Balaban J connectivity index is 2.21. The van der Waals surface area contributed by atoms with Crippen molar-refractivity contribution in [3.8, 4) is 0 Å². The fraction of sp³-hybridized carbons (Fsp3) is 0.739. The summed E-state index contributed by atoms with van der Waals surface area (Å²) in [5, 5.41) is 0. The van der Waals surface area contributed by atoms with E-state index in [9.17, 15) is 9.59 Å². The molecule has 0 N–H and O–H groups in total. The zero-order valence-corrected chi connectivity index (χ0v) is 17.9. The van der Waals surface area contributed by atoms with Gasteiger partial charge in [-0.2, -0.15) is 0 Å². The number of carbonyl (C=O) groups is 2. The average Bonchev–Trinajstić information content (AvgIpc) is 2.62. The Morgan fingerprint density at radius 2 is 1.96 bits per heavy atom. The minimum Gasteiger partial charge on any atom is -0.466 e. The number of hydrogen-bond donors (Lipinski definition) is 0. The first-order valence-electron chi connectivity index (χ1n) is 10.2. The number of rotatable bonds is 6. The molecule has 0 amide bonds. The maximum absolute atomic E-state index is 11.5. The number of methoxy groups -OCH3 is 1. The topological polar surface area (TPSA) is 52.6 Å². The number of hydrogen-bond acceptors (Lipinski definition) is 4. The fourth-order valence-electron chi connectivity index (χ4n) is 5.40. The Bertz CT molecular complexity index is 632. The molecule has 0 heterocycles. The van der Waals surface area contributed by atoms with E-state index < -0.39 is 0 Å². The predicted octanol–water partition coefficient (Wildman–Crippen LogP) is 5.23. The summed E-state index contributed by atoms with van der Waals surface area (Å²) in [4.78, 5) is 22.8. The molecular weight excluding hydrogens is 340 g/mol. The van der Waals surface area contributed by atoms with Crippen LogP contribution in [-0.2, 0) is 19.1 Å². The molecule has 2 aliphatic carbocycles. The van der Waals surface area contributed by atoms with Gasteiger partial charge in [0, 0.05) is 13.0 Å². The van der Waals surface area contributed by atoms with E-state index in [2.05, 4.69) is 26.8 Å². The summed E-state index contributed by atoms with van der Waals surface area (Å²) in [5.74, 6) is 0.713. The summed E-state index contributed by atoms with van der Waals surface area (Å²) < 4.78 is 10.1. The van der Waals surface area contributed by atoms with Gasteiger partial charge in [-0.3, -0.25) is 4.79 Å². The van der Waals surface area contributed by atoms with E-state index in [0.29, 0.717) is 18.4 Å². The van der Waals surface area contributed by atoms with Crippen molar-refractivity contribution in [1.82, 2.24) is 0 Å². The summed E-state index contributed by atoms with van der Waals surface area (Å²) in [6.07, 6.45) is 10.5. The summed E-state index contributed by atoms with van der Waals surface area (Å²) in [6, 6.07) is 0. The minimum atomic E-state index is -0.275. The van der Waals surface area contributed by atoms with Gasteiger partial charge in [0.1, 0.15) is 6.61 Å². The van der Waals surface area contributed by atoms with E-state index in [0.717, 1.165) is 31.3 Å². The Labute approximate surface area is 164 Å². The molecular formula is C23H36O4. The van der Waals surface area contributed by atoms with Crippen LogP contribution in [0.4, 0.5) is 0 Å². The molecule has 152 valence electrons. The van der Waals surface area contributed by atoms with Gasteiger partial charge in [-0.25, -0.2) is 4.79 Å². The smallest absolute Gasteiger partial charge is 0.330 e. The van der Waals surface area contributed by atoms with Crippen molar-refractivity contribution in [2.75, 3.05) is 13.7 Å². The molecule has 0 aromatic carbocycles. The van der Waals surface area contributed by atoms with Gasteiger partial charge in [0.2, 0.25) is 0 Å². The number of esters is 2. The summed E-state index contributed by atoms with van der Waals surface area (Å²) in [7, 11) is 1.42. The third-order valence-electron chi connectivity index (χ3n) is 7.42. The number of allylic oxidation sites excluding steroid dienone is 2. The summed E-state index contributed by atoms with van der Waals surface area (Å²) >= 11 is 0. The highest BCUT2D eigenvalue weighted by atomic mass is 16.5. The first kappa shape index (κ1) is 21.7. The highest BCUT2D eigenvalue weighted by Crippen LogP contribution is 2.62. The molecule has 0 bridgehead atoms. The van der Waals surface area contributed by atoms with Gasteiger partial charge in [0.05, 0.1) is 7.11 Å². The third kappa shape index (κ3) is 4.64. The third-order valence-corrected chi connectivity index (χ3v) is 7.42. The number of fused-ring (bicyclic) bond motifs is 1. The Morgan fingerprint density at radius 3 is 2.59 bits per heavy atom. The fourth-order valence-corrected chi connectivity index (χ4v) is 5.40. The second-order valence-electron chi connectivity index (χ2n) is 9.02. The second kappa shape index (κ2) is 8.62. The quantitative estimate of drug-likeness (QED) is 0.362. The Hall–Kier alpha value is -1.58. The van der Waals surface area contributed by atoms with Crippen molar-refractivity contribution >= 4 is 11.9 Å². The lowest BCUT2D eigenvalue weighted by molar-refractivity contribution is -0.141. The molecule has 1 fully saturated rings. The van der Waals surface area contributed by atoms with Crippen LogP contribution < -0.4 is 0 Å². The van der Waals surface area contributed by atoms with Crippen molar-refractivity contribution in [3.63, 3.8) is 0 Å². The monoisotopic (exact) mass is 376 g/mol. The highest BCUT2D eigenvalue weighted by Gasteiger charge is 2.53. The molecule has 0 aromatic heterocycles. The van der Waals surface area contributed by atoms with Crippen LogP contribution in [0.2, 0.25) is 0 Å². The van der Waals surface area contributed by atoms with Gasteiger partial charge in [-0.1, -0.05) is 32.4 Å². The van der Waals surface area contributed by atoms with Crippen LogP contribution in [0.3, 0.4) is 0 Å². The standard InChI is InChI=1S/C23H36O4/c1-16(14-21(25)26-6)10-12-22(4)17(2)11-13-23(5)19(15-27-18(3)24)8-7-9-20(22)23/h8,14,17,20H,7,9-13,15H2,1-6H3/b16-14+/t17-,20-,22+,23-/m1/s1. The molecule has 4 heteroatoms. The minimum absolute atomic E-state index is 0.0922. The molecule has 2 aliphatic rings. The van der Waals surface area contributed by atoms with Gasteiger partial charge >= 0.3 is 11.9 Å². The zero-order chi connectivity index (χ0) is 20.2. The van der Waals surface area contributed by atoms with Crippen LogP contribution in [0.5, 0.6) is 0 Å². The van der Waals surface area contributed by atoms with Crippen molar-refractivity contribution in [2.24, 2.45) is 22.7 Å². The van der Waals surface area contributed by atoms with Crippen molar-refractivity contribution in [1.29, 1.82) is 0 Å². The molecule has 0 unspecified atom stereocenters. The molecule has 27 heavy (non-hydrogen) atoms. The first-order chi connectivity index (χ1) is 12.6. The van der Waals surface area contributed by atoms with Crippen LogP contribution in [0.25, 0.3) is 0 Å². The molecule has 2 rings (SSSR count). The molecule has 1 saturated carbocycles. The SMILES string of the molecule is COC(=O)/C=C(\C)CC[C@@]1(C)[C@H](C)CC[C@]2(C)C(COC(C)=O)=CCC[C@H]12. The molecule has 0 radical (unpaired) electrons. The first-order valence-corrected chi connectivity index (χ1v) is 10.2. The molecule has 0 spiro atoms. The van der Waals surface area contributed by atoms with Crippen LogP contribution in [0.1, 0.15) is 73.1 Å². The van der Waals surface area contributed by atoms with E-state index in [1.165, 1.54) is 32.4 Å². The van der Waals surface area contributed by atoms with E-state index in [1.54, 1.807) is 6.08 Å². The summed E-state index contributed by atoms with van der Waals surface area (Å²) in [5.41, 5.74) is 2.67. The van der Waals surface area contributed by atoms with Gasteiger partial charge in [0.25, 0.3) is 0 Å². The van der Waals surface area contributed by atoms with Crippen molar-refractivity contribution in [3.05, 3.63) is 23.3 Å². The normalized spacial score (nSPS) is 33.7. The Kier molecular flexibility index (Phi) is 6.93. The molecule has 0 aliphatic heterocycles. The van der Waals surface area contributed by atoms with Crippen LogP contribution in [0.15, 0.2) is 23.3 Å². The lowest BCUT2D eigenvalue weighted by Crippen LogP contribution is -2.50. The Morgan fingerprint density at radius 1 is 1.26 bits per heavy atom. The largest absolute Gasteiger partial charge is 0.466 e. The van der Waals surface area contributed by atoms with Crippen molar-refractivity contribution < 1.29 is 19.1 Å². The molecule has 0 saturated heterocycles. The molecule has 0 aromatic rings.